The van der Waals surface area contributed by atoms with Crippen LogP contribution in [0, 0.1) is 0 Å². The third-order valence-corrected chi connectivity index (χ3v) is 3.62. The summed E-state index contributed by atoms with van der Waals surface area (Å²) in [5, 5.41) is 2.01. The number of carbonyl (C=O) groups excluding carboxylic acids is 1. The summed E-state index contributed by atoms with van der Waals surface area (Å²) in [6.07, 6.45) is 1.54. The van der Waals surface area contributed by atoms with Gasteiger partial charge in [0.05, 0.1) is 12.1 Å². The Kier molecular flexibility index (Phi) is 4.48. The Balaban J connectivity index is 2.10. The number of carbonyl (C=O) groups is 1. The lowest BCUT2D eigenvalue weighted by Gasteiger charge is -2.20. The molecule has 100 valence electrons. The molecule has 0 saturated heterocycles. The number of nitrogen functional groups attached to an aromatic ring is 1. The van der Waals surface area contributed by atoms with Gasteiger partial charge < -0.3 is 10.3 Å². The van der Waals surface area contributed by atoms with Crippen molar-refractivity contribution in [3.63, 3.8) is 0 Å². The van der Waals surface area contributed by atoms with E-state index in [1.807, 2.05) is 24.4 Å². The zero-order valence-corrected chi connectivity index (χ0v) is 11.5. The largest absolute Gasteiger partial charge is 0.334 e. The van der Waals surface area contributed by atoms with E-state index in [0.29, 0.717) is 24.5 Å². The van der Waals surface area contributed by atoms with Gasteiger partial charge in [-0.1, -0.05) is 6.07 Å². The first-order valence-corrected chi connectivity index (χ1v) is 6.87. The fourth-order valence-corrected chi connectivity index (χ4v) is 2.43. The van der Waals surface area contributed by atoms with E-state index in [-0.39, 0.29) is 5.91 Å². The lowest BCUT2D eigenvalue weighted by molar-refractivity contribution is 0.0754. The molecule has 1 amide bonds. The molecule has 0 spiro atoms. The predicted octanol–water partition coefficient (Wildman–Crippen LogP) is 2.09. The average molecular weight is 276 g/mol. The number of thiophene rings is 1. The zero-order valence-electron chi connectivity index (χ0n) is 10.7. The summed E-state index contributed by atoms with van der Waals surface area (Å²) in [6, 6.07) is 7.43. The molecule has 6 heteroatoms. The lowest BCUT2D eigenvalue weighted by atomic mass is 10.2. The highest BCUT2D eigenvalue weighted by atomic mass is 32.1. The first-order chi connectivity index (χ1) is 9.24. The first kappa shape index (κ1) is 13.5. The van der Waals surface area contributed by atoms with E-state index in [9.17, 15) is 4.79 Å². The maximum atomic E-state index is 12.3. The van der Waals surface area contributed by atoms with E-state index in [0.717, 1.165) is 0 Å². The molecule has 0 aliphatic rings. The van der Waals surface area contributed by atoms with Crippen molar-refractivity contribution < 1.29 is 4.79 Å². The summed E-state index contributed by atoms with van der Waals surface area (Å²) in [5.41, 5.74) is 3.01. The molecule has 0 radical (unpaired) electrons. The molecule has 0 aliphatic heterocycles. The molecule has 19 heavy (non-hydrogen) atoms. The number of rotatable bonds is 5. The molecule has 0 fully saturated rings. The summed E-state index contributed by atoms with van der Waals surface area (Å²) in [5.74, 6) is 5.76. The quantitative estimate of drug-likeness (QED) is 0.648. The molecular weight excluding hydrogens is 260 g/mol. The molecule has 2 rings (SSSR count). The van der Waals surface area contributed by atoms with Gasteiger partial charge in [-0.3, -0.25) is 4.79 Å². The van der Waals surface area contributed by atoms with Crippen LogP contribution in [0.3, 0.4) is 0 Å². The van der Waals surface area contributed by atoms with Crippen molar-refractivity contribution >= 4 is 23.1 Å². The third kappa shape index (κ3) is 3.30. The molecule has 0 unspecified atom stereocenters. The fourth-order valence-electron chi connectivity index (χ4n) is 1.71. The standard InChI is InChI=1S/C13H16N4OS/c1-2-17(9-11-4-3-7-19-11)13(18)10-5-6-12(16-14)15-8-10/h3-8H,2,9,14H2,1H3,(H,15,16). The SMILES string of the molecule is CCN(Cc1cccs1)C(=O)c1ccc(NN)nc1. The highest BCUT2D eigenvalue weighted by Crippen LogP contribution is 2.14. The van der Waals surface area contributed by atoms with Crippen LogP contribution in [0.5, 0.6) is 0 Å². The molecular formula is C13H16N4OS. The Morgan fingerprint density at radius 1 is 1.47 bits per heavy atom. The lowest BCUT2D eigenvalue weighted by Crippen LogP contribution is -2.30. The van der Waals surface area contributed by atoms with Gasteiger partial charge in [-0.15, -0.1) is 11.3 Å². The van der Waals surface area contributed by atoms with E-state index in [4.69, 9.17) is 5.84 Å². The zero-order chi connectivity index (χ0) is 13.7. The Labute approximate surface area is 116 Å². The van der Waals surface area contributed by atoms with Crippen molar-refractivity contribution in [2.45, 2.75) is 13.5 Å². The Bertz CT molecular complexity index is 524. The van der Waals surface area contributed by atoms with Crippen molar-refractivity contribution in [3.8, 4) is 0 Å². The maximum Gasteiger partial charge on any atom is 0.255 e. The van der Waals surface area contributed by atoms with Gasteiger partial charge >= 0.3 is 0 Å². The van der Waals surface area contributed by atoms with Crippen molar-refractivity contribution in [1.29, 1.82) is 0 Å². The molecule has 0 bridgehead atoms. The van der Waals surface area contributed by atoms with Crippen LogP contribution in [0.25, 0.3) is 0 Å². The van der Waals surface area contributed by atoms with E-state index < -0.39 is 0 Å². The van der Waals surface area contributed by atoms with Crippen LogP contribution in [0.1, 0.15) is 22.2 Å². The highest BCUT2D eigenvalue weighted by Gasteiger charge is 2.15. The summed E-state index contributed by atoms with van der Waals surface area (Å²) in [6.45, 7) is 3.26. The monoisotopic (exact) mass is 276 g/mol. The van der Waals surface area contributed by atoms with E-state index in [1.165, 1.54) is 11.1 Å². The van der Waals surface area contributed by atoms with Crippen LogP contribution in [0.15, 0.2) is 35.8 Å². The highest BCUT2D eigenvalue weighted by molar-refractivity contribution is 7.09. The topological polar surface area (TPSA) is 71.2 Å². The molecule has 0 atom stereocenters. The van der Waals surface area contributed by atoms with Crippen LogP contribution in [-0.2, 0) is 6.54 Å². The first-order valence-electron chi connectivity index (χ1n) is 5.99. The number of hydrogen-bond donors (Lipinski definition) is 2. The molecule has 0 aromatic carbocycles. The van der Waals surface area contributed by atoms with Crippen LogP contribution in [0.2, 0.25) is 0 Å². The second-order valence-corrected chi connectivity index (χ2v) is 5.01. The predicted molar refractivity (Wildman–Crippen MR) is 76.8 cm³/mol. The molecule has 5 nitrogen and oxygen atoms in total. The normalized spacial score (nSPS) is 10.2. The van der Waals surface area contributed by atoms with Crippen molar-refractivity contribution in [3.05, 3.63) is 46.3 Å². The van der Waals surface area contributed by atoms with Gasteiger partial charge in [-0.25, -0.2) is 10.8 Å². The number of anilines is 1. The van der Waals surface area contributed by atoms with Crippen LogP contribution in [-0.4, -0.2) is 22.3 Å². The van der Waals surface area contributed by atoms with E-state index in [1.54, 1.807) is 28.4 Å². The molecule has 2 heterocycles. The van der Waals surface area contributed by atoms with E-state index >= 15 is 0 Å². The van der Waals surface area contributed by atoms with Crippen molar-refractivity contribution in [2.24, 2.45) is 5.84 Å². The number of hydrazine groups is 1. The maximum absolute atomic E-state index is 12.3. The van der Waals surface area contributed by atoms with Gasteiger partial charge in [0.25, 0.3) is 5.91 Å². The van der Waals surface area contributed by atoms with Gasteiger partial charge in [0.2, 0.25) is 0 Å². The number of amides is 1. The molecule has 0 aliphatic carbocycles. The molecule has 2 aromatic heterocycles. The van der Waals surface area contributed by atoms with Crippen molar-refractivity contribution in [2.75, 3.05) is 12.0 Å². The second-order valence-electron chi connectivity index (χ2n) is 3.98. The minimum Gasteiger partial charge on any atom is -0.334 e. The van der Waals surface area contributed by atoms with Crippen LogP contribution in [0.4, 0.5) is 5.82 Å². The average Bonchev–Trinajstić information content (AvgIpc) is 2.97. The van der Waals surface area contributed by atoms with Gasteiger partial charge in [-0.05, 0) is 30.5 Å². The number of nitrogens with two attached hydrogens (primary N) is 1. The Morgan fingerprint density at radius 3 is 2.84 bits per heavy atom. The fraction of sp³-hybridized carbons (Fsp3) is 0.231. The van der Waals surface area contributed by atoms with Gasteiger partial charge in [0, 0.05) is 17.6 Å². The second kappa shape index (κ2) is 6.31. The smallest absolute Gasteiger partial charge is 0.255 e. The minimum absolute atomic E-state index is 0.0213. The third-order valence-electron chi connectivity index (χ3n) is 2.75. The van der Waals surface area contributed by atoms with Crippen molar-refractivity contribution in [1.82, 2.24) is 9.88 Å². The molecule has 0 saturated carbocycles. The number of nitrogens with zero attached hydrogens (tertiary/aromatic N) is 2. The summed E-state index contributed by atoms with van der Waals surface area (Å²) < 4.78 is 0. The summed E-state index contributed by atoms with van der Waals surface area (Å²) in [4.78, 5) is 19.4. The molecule has 2 aromatic rings. The summed E-state index contributed by atoms with van der Waals surface area (Å²) >= 11 is 1.65. The van der Waals surface area contributed by atoms with Crippen LogP contribution >= 0.6 is 11.3 Å². The van der Waals surface area contributed by atoms with Gasteiger partial charge in [0.15, 0.2) is 0 Å². The number of aromatic nitrogens is 1. The van der Waals surface area contributed by atoms with Crippen LogP contribution < -0.4 is 11.3 Å². The summed E-state index contributed by atoms with van der Waals surface area (Å²) in [7, 11) is 0. The number of hydrogen-bond acceptors (Lipinski definition) is 5. The Hall–Kier alpha value is -1.92. The number of nitrogens with one attached hydrogen (secondary N) is 1. The van der Waals surface area contributed by atoms with Gasteiger partial charge in [-0.2, -0.15) is 0 Å². The number of pyridine rings is 1. The van der Waals surface area contributed by atoms with Gasteiger partial charge in [0.1, 0.15) is 5.82 Å². The molecule has 3 N–H and O–H groups in total. The minimum atomic E-state index is -0.0213. The Morgan fingerprint density at radius 2 is 2.32 bits per heavy atom. The van der Waals surface area contributed by atoms with E-state index in [2.05, 4.69) is 10.4 Å².